The van der Waals surface area contributed by atoms with Crippen LogP contribution in [-0.2, 0) is 10.0 Å². The van der Waals surface area contributed by atoms with Gasteiger partial charge in [-0.25, -0.2) is 8.42 Å². The van der Waals surface area contributed by atoms with Crippen molar-refractivity contribution >= 4 is 26.0 Å². The lowest BCUT2D eigenvalue weighted by Gasteiger charge is -2.30. The van der Waals surface area contributed by atoms with Crippen molar-refractivity contribution < 1.29 is 13.2 Å². The maximum atomic E-state index is 12.8. The zero-order valence-corrected chi connectivity index (χ0v) is 14.2. The third-order valence-electron chi connectivity index (χ3n) is 3.87. The first kappa shape index (κ1) is 15.8. The molecular weight excluding hydrogens is 342 g/mol. The summed E-state index contributed by atoms with van der Waals surface area (Å²) in [5.41, 5.74) is 0. The summed E-state index contributed by atoms with van der Waals surface area (Å²) in [5.74, 6) is 0.385. The van der Waals surface area contributed by atoms with E-state index in [1.54, 1.807) is 25.2 Å². The molecule has 0 spiro atoms. The molecule has 0 aromatic heterocycles. The summed E-state index contributed by atoms with van der Waals surface area (Å²) in [6.45, 7) is 0. The fraction of sp³-hybridized carbons (Fsp3) is 0.571. The van der Waals surface area contributed by atoms with E-state index >= 15 is 0 Å². The molecule has 0 bridgehead atoms. The van der Waals surface area contributed by atoms with E-state index in [0.717, 1.165) is 30.2 Å². The van der Waals surface area contributed by atoms with E-state index < -0.39 is 10.0 Å². The molecule has 0 N–H and O–H groups in total. The Morgan fingerprint density at radius 1 is 1.25 bits per heavy atom. The molecule has 112 valence electrons. The molecule has 0 atom stereocenters. The highest BCUT2D eigenvalue weighted by Crippen LogP contribution is 2.32. The maximum absolute atomic E-state index is 12.8. The van der Waals surface area contributed by atoms with Crippen LogP contribution in [0.5, 0.6) is 5.75 Å². The third kappa shape index (κ3) is 3.18. The maximum Gasteiger partial charge on any atom is 0.246 e. The minimum absolute atomic E-state index is 0.0948. The summed E-state index contributed by atoms with van der Waals surface area (Å²) in [7, 11) is -0.364. The van der Waals surface area contributed by atoms with Crippen molar-refractivity contribution in [2.45, 2.75) is 43.0 Å². The van der Waals surface area contributed by atoms with Gasteiger partial charge in [-0.15, -0.1) is 0 Å². The highest BCUT2D eigenvalue weighted by atomic mass is 79.9. The van der Waals surface area contributed by atoms with Gasteiger partial charge in [0, 0.05) is 17.6 Å². The summed E-state index contributed by atoms with van der Waals surface area (Å²) < 4.78 is 33.0. The van der Waals surface area contributed by atoms with Crippen LogP contribution in [-0.4, -0.2) is 32.9 Å². The van der Waals surface area contributed by atoms with Crippen molar-refractivity contribution in [2.24, 2.45) is 0 Å². The third-order valence-corrected chi connectivity index (χ3v) is 6.30. The molecule has 1 saturated carbocycles. The van der Waals surface area contributed by atoms with Gasteiger partial charge in [0.1, 0.15) is 10.6 Å². The molecule has 0 saturated heterocycles. The second-order valence-corrected chi connectivity index (χ2v) is 7.99. The van der Waals surface area contributed by atoms with E-state index in [4.69, 9.17) is 4.74 Å². The lowest BCUT2D eigenvalue weighted by Crippen LogP contribution is -2.38. The van der Waals surface area contributed by atoms with Crippen molar-refractivity contribution in [1.29, 1.82) is 0 Å². The smallest absolute Gasteiger partial charge is 0.246 e. The summed E-state index contributed by atoms with van der Waals surface area (Å²) in [5, 5.41) is 0. The van der Waals surface area contributed by atoms with Crippen molar-refractivity contribution in [1.82, 2.24) is 4.31 Å². The van der Waals surface area contributed by atoms with E-state index in [1.165, 1.54) is 17.8 Å². The predicted octanol–water partition coefficient (Wildman–Crippen LogP) is 3.41. The standard InChI is InChI=1S/C14H20BrNO3S/c1-16(12-6-4-3-5-7-12)20(17,18)14-10-11(15)8-9-13(14)19-2/h8-10,12H,3-7H2,1-2H3. The van der Waals surface area contributed by atoms with Crippen LogP contribution >= 0.6 is 15.9 Å². The Bertz CT molecular complexity index is 568. The predicted molar refractivity (Wildman–Crippen MR) is 82.5 cm³/mol. The first-order valence-corrected chi connectivity index (χ1v) is 9.01. The lowest BCUT2D eigenvalue weighted by atomic mass is 9.96. The number of methoxy groups -OCH3 is 1. The lowest BCUT2D eigenvalue weighted by molar-refractivity contribution is 0.284. The van der Waals surface area contributed by atoms with E-state index in [2.05, 4.69) is 15.9 Å². The summed E-state index contributed by atoms with van der Waals surface area (Å²) in [4.78, 5) is 0.224. The number of ether oxygens (including phenoxy) is 1. The van der Waals surface area contributed by atoms with Gasteiger partial charge < -0.3 is 4.74 Å². The number of halogens is 1. The molecule has 0 radical (unpaired) electrons. The first-order chi connectivity index (χ1) is 9.46. The van der Waals surface area contributed by atoms with Crippen LogP contribution in [0.4, 0.5) is 0 Å². The van der Waals surface area contributed by atoms with E-state index in [0.29, 0.717) is 5.75 Å². The molecule has 4 nitrogen and oxygen atoms in total. The van der Waals surface area contributed by atoms with E-state index in [-0.39, 0.29) is 10.9 Å². The molecule has 0 unspecified atom stereocenters. The van der Waals surface area contributed by atoms with Crippen molar-refractivity contribution in [2.75, 3.05) is 14.2 Å². The van der Waals surface area contributed by atoms with Crippen LogP contribution in [0.1, 0.15) is 32.1 Å². The second kappa shape index (κ2) is 6.45. The minimum Gasteiger partial charge on any atom is -0.495 e. The van der Waals surface area contributed by atoms with Crippen molar-refractivity contribution in [3.63, 3.8) is 0 Å². The highest BCUT2D eigenvalue weighted by Gasteiger charge is 2.31. The van der Waals surface area contributed by atoms with Gasteiger partial charge in [-0.3, -0.25) is 0 Å². The quantitative estimate of drug-likeness (QED) is 0.825. The molecule has 2 rings (SSSR count). The van der Waals surface area contributed by atoms with Crippen molar-refractivity contribution in [3.8, 4) is 5.75 Å². The highest BCUT2D eigenvalue weighted by molar-refractivity contribution is 9.10. The second-order valence-electron chi connectivity index (χ2n) is 5.11. The molecule has 1 fully saturated rings. The minimum atomic E-state index is -3.53. The number of nitrogens with zero attached hydrogens (tertiary/aromatic N) is 1. The zero-order valence-electron chi connectivity index (χ0n) is 11.8. The number of hydrogen-bond acceptors (Lipinski definition) is 3. The average Bonchev–Trinajstić information content (AvgIpc) is 2.47. The number of benzene rings is 1. The Balaban J connectivity index is 2.36. The number of rotatable bonds is 4. The van der Waals surface area contributed by atoms with E-state index in [1.807, 2.05) is 0 Å². The largest absolute Gasteiger partial charge is 0.495 e. The molecule has 6 heteroatoms. The van der Waals surface area contributed by atoms with Gasteiger partial charge >= 0.3 is 0 Å². The molecule has 1 aliphatic rings. The molecule has 1 aromatic rings. The van der Waals surface area contributed by atoms with Gasteiger partial charge in [-0.05, 0) is 31.0 Å². The monoisotopic (exact) mass is 361 g/mol. The van der Waals surface area contributed by atoms with Crippen molar-refractivity contribution in [3.05, 3.63) is 22.7 Å². The fourth-order valence-electron chi connectivity index (χ4n) is 2.65. The zero-order chi connectivity index (χ0) is 14.8. The molecular formula is C14H20BrNO3S. The number of hydrogen-bond donors (Lipinski definition) is 0. The normalized spacial score (nSPS) is 17.4. The fourth-order valence-corrected chi connectivity index (χ4v) is 4.76. The molecule has 1 aliphatic carbocycles. The van der Waals surface area contributed by atoms with Gasteiger partial charge in [0.05, 0.1) is 7.11 Å². The Labute approximate surface area is 129 Å². The molecule has 1 aromatic carbocycles. The van der Waals surface area contributed by atoms with Gasteiger partial charge in [-0.2, -0.15) is 4.31 Å². The first-order valence-electron chi connectivity index (χ1n) is 6.78. The van der Waals surface area contributed by atoms with Gasteiger partial charge in [-0.1, -0.05) is 35.2 Å². The number of sulfonamides is 1. The molecule has 0 aliphatic heterocycles. The van der Waals surface area contributed by atoms with Gasteiger partial charge in [0.15, 0.2) is 0 Å². The Kier molecular flexibility index (Phi) is 5.09. The van der Waals surface area contributed by atoms with Gasteiger partial charge in [0.2, 0.25) is 10.0 Å². The summed E-state index contributed by atoms with van der Waals surface area (Å²) in [6, 6.07) is 5.15. The summed E-state index contributed by atoms with van der Waals surface area (Å²) in [6.07, 6.45) is 5.27. The Hall–Kier alpha value is -0.590. The SMILES string of the molecule is COc1ccc(Br)cc1S(=O)(=O)N(C)C1CCCCC1. The van der Waals surface area contributed by atoms with Crippen LogP contribution in [0, 0.1) is 0 Å². The van der Waals surface area contributed by atoms with Crippen LogP contribution in [0.2, 0.25) is 0 Å². The Morgan fingerprint density at radius 2 is 1.90 bits per heavy atom. The van der Waals surface area contributed by atoms with Crippen LogP contribution in [0.3, 0.4) is 0 Å². The molecule has 20 heavy (non-hydrogen) atoms. The van der Waals surface area contributed by atoms with Gasteiger partial charge in [0.25, 0.3) is 0 Å². The average molecular weight is 362 g/mol. The molecule has 0 heterocycles. The van der Waals surface area contributed by atoms with Crippen LogP contribution in [0.15, 0.2) is 27.6 Å². The van der Waals surface area contributed by atoms with E-state index in [9.17, 15) is 8.42 Å². The Morgan fingerprint density at radius 3 is 2.50 bits per heavy atom. The summed E-state index contributed by atoms with van der Waals surface area (Å²) >= 11 is 3.32. The molecule has 0 amide bonds. The topological polar surface area (TPSA) is 46.6 Å². The van der Waals surface area contributed by atoms with Crippen LogP contribution in [0.25, 0.3) is 0 Å². The van der Waals surface area contributed by atoms with Crippen LogP contribution < -0.4 is 4.74 Å².